The quantitative estimate of drug-likeness (QED) is 0.596. The molecule has 0 rings (SSSR count). The summed E-state index contributed by atoms with van der Waals surface area (Å²) in [5, 5.41) is 0. The molecule has 1 unspecified atom stereocenters. The van der Waals surface area contributed by atoms with Gasteiger partial charge in [-0.1, -0.05) is 6.92 Å². The molecule has 74 valence electrons. The average Bonchev–Trinajstić information content (AvgIpc) is 1.84. The second kappa shape index (κ2) is 5.55. The Balaban J connectivity index is 3.40. The molecular formula is C10H22O2. The maximum absolute atomic E-state index is 5.66. The van der Waals surface area contributed by atoms with Gasteiger partial charge in [-0.2, -0.15) is 0 Å². The summed E-state index contributed by atoms with van der Waals surface area (Å²) >= 11 is 0. The van der Waals surface area contributed by atoms with Crippen molar-refractivity contribution in [3.05, 3.63) is 0 Å². The maximum atomic E-state index is 5.66. The van der Waals surface area contributed by atoms with Crippen molar-refractivity contribution >= 4 is 0 Å². The molecule has 12 heavy (non-hydrogen) atoms. The summed E-state index contributed by atoms with van der Waals surface area (Å²) in [6.07, 6.45) is 1.26. The first-order valence-corrected chi connectivity index (χ1v) is 4.71. The van der Waals surface area contributed by atoms with Gasteiger partial charge < -0.3 is 9.47 Å². The molecule has 0 aliphatic rings. The summed E-state index contributed by atoms with van der Waals surface area (Å²) in [4.78, 5) is 0. The fourth-order valence-electron chi connectivity index (χ4n) is 1.03. The topological polar surface area (TPSA) is 18.5 Å². The molecule has 0 heterocycles. The monoisotopic (exact) mass is 174 g/mol. The molecule has 0 bridgehead atoms. The number of hydrogen-bond donors (Lipinski definition) is 0. The third-order valence-electron chi connectivity index (χ3n) is 1.26. The minimum atomic E-state index is -0.0605. The Morgan fingerprint density at radius 3 is 2.25 bits per heavy atom. The molecule has 0 aliphatic heterocycles. The first-order valence-electron chi connectivity index (χ1n) is 4.71. The summed E-state index contributed by atoms with van der Waals surface area (Å²) in [5.41, 5.74) is -0.0605. The van der Waals surface area contributed by atoms with E-state index in [1.807, 2.05) is 6.92 Å². The molecule has 0 aliphatic carbocycles. The summed E-state index contributed by atoms with van der Waals surface area (Å²) in [7, 11) is 0. The van der Waals surface area contributed by atoms with Crippen LogP contribution in [0, 0.1) is 0 Å². The lowest BCUT2D eigenvalue weighted by atomic mass is 10.2. The number of hydrogen-bond acceptors (Lipinski definition) is 2. The Kier molecular flexibility index (Phi) is 5.51. The minimum Gasteiger partial charge on any atom is -0.379 e. The molecule has 2 heteroatoms. The van der Waals surface area contributed by atoms with E-state index in [4.69, 9.17) is 9.47 Å². The molecule has 0 amide bonds. The molecule has 0 aromatic heterocycles. The van der Waals surface area contributed by atoms with Crippen LogP contribution in [0.3, 0.4) is 0 Å². The van der Waals surface area contributed by atoms with Crippen molar-refractivity contribution in [2.45, 2.75) is 52.7 Å². The lowest BCUT2D eigenvalue weighted by Crippen LogP contribution is -2.28. The van der Waals surface area contributed by atoms with Gasteiger partial charge in [0, 0.05) is 6.61 Å². The van der Waals surface area contributed by atoms with Gasteiger partial charge in [0.2, 0.25) is 0 Å². The molecule has 0 saturated heterocycles. The van der Waals surface area contributed by atoms with E-state index >= 15 is 0 Å². The Bertz CT molecular complexity index is 105. The van der Waals surface area contributed by atoms with Crippen molar-refractivity contribution in [1.82, 2.24) is 0 Å². The largest absolute Gasteiger partial charge is 0.379 e. The maximum Gasteiger partial charge on any atom is 0.0787 e. The van der Waals surface area contributed by atoms with Gasteiger partial charge in [0.05, 0.1) is 18.3 Å². The Hall–Kier alpha value is -0.0800. The first kappa shape index (κ1) is 11.9. The smallest absolute Gasteiger partial charge is 0.0787 e. The van der Waals surface area contributed by atoms with Gasteiger partial charge in [-0.05, 0) is 34.1 Å². The highest BCUT2D eigenvalue weighted by Gasteiger charge is 2.14. The molecule has 0 fully saturated rings. The van der Waals surface area contributed by atoms with Gasteiger partial charge >= 0.3 is 0 Å². The standard InChI is InChI=1S/C10H22O2/c1-6-7-11-8-9(2)12-10(3,4)5/h9H,6-8H2,1-5H3. The van der Waals surface area contributed by atoms with Crippen LogP contribution in [0.15, 0.2) is 0 Å². The van der Waals surface area contributed by atoms with E-state index in [0.29, 0.717) is 6.61 Å². The van der Waals surface area contributed by atoms with Crippen LogP contribution in [0.2, 0.25) is 0 Å². The molecule has 1 atom stereocenters. The van der Waals surface area contributed by atoms with Crippen molar-refractivity contribution in [1.29, 1.82) is 0 Å². The molecular weight excluding hydrogens is 152 g/mol. The Morgan fingerprint density at radius 1 is 1.25 bits per heavy atom. The minimum absolute atomic E-state index is 0.0605. The third-order valence-corrected chi connectivity index (χ3v) is 1.26. The fraction of sp³-hybridized carbons (Fsp3) is 1.00. The van der Waals surface area contributed by atoms with Crippen LogP contribution in [-0.2, 0) is 9.47 Å². The predicted octanol–water partition coefficient (Wildman–Crippen LogP) is 2.62. The molecule has 0 N–H and O–H groups in total. The SMILES string of the molecule is CCCOCC(C)OC(C)(C)C. The zero-order valence-electron chi connectivity index (χ0n) is 9.02. The van der Waals surface area contributed by atoms with Gasteiger partial charge in [0.25, 0.3) is 0 Å². The predicted molar refractivity (Wildman–Crippen MR) is 51.4 cm³/mol. The van der Waals surface area contributed by atoms with E-state index in [-0.39, 0.29) is 11.7 Å². The summed E-state index contributed by atoms with van der Waals surface area (Å²) in [6.45, 7) is 11.9. The van der Waals surface area contributed by atoms with Crippen molar-refractivity contribution in [3.63, 3.8) is 0 Å². The summed E-state index contributed by atoms with van der Waals surface area (Å²) in [6, 6.07) is 0. The highest BCUT2D eigenvalue weighted by Crippen LogP contribution is 2.10. The van der Waals surface area contributed by atoms with Crippen LogP contribution in [0.25, 0.3) is 0 Å². The van der Waals surface area contributed by atoms with Crippen molar-refractivity contribution < 1.29 is 9.47 Å². The van der Waals surface area contributed by atoms with Crippen LogP contribution in [0.1, 0.15) is 41.0 Å². The van der Waals surface area contributed by atoms with Crippen LogP contribution in [0.4, 0.5) is 0 Å². The molecule has 2 nitrogen and oxygen atoms in total. The molecule has 0 aromatic rings. The highest BCUT2D eigenvalue weighted by atomic mass is 16.5. The number of ether oxygens (including phenoxy) is 2. The highest BCUT2D eigenvalue weighted by molar-refractivity contribution is 4.62. The lowest BCUT2D eigenvalue weighted by molar-refractivity contribution is -0.0838. The van der Waals surface area contributed by atoms with Gasteiger partial charge in [-0.15, -0.1) is 0 Å². The second-order valence-electron chi connectivity index (χ2n) is 4.12. The first-order chi connectivity index (χ1) is 5.45. The Morgan fingerprint density at radius 2 is 1.83 bits per heavy atom. The molecule has 0 aromatic carbocycles. The van der Waals surface area contributed by atoms with E-state index in [1.165, 1.54) is 0 Å². The second-order valence-corrected chi connectivity index (χ2v) is 4.12. The number of rotatable bonds is 5. The Labute approximate surface area is 76.3 Å². The van der Waals surface area contributed by atoms with Gasteiger partial charge in [-0.3, -0.25) is 0 Å². The molecule has 0 saturated carbocycles. The van der Waals surface area contributed by atoms with Crippen molar-refractivity contribution in [2.24, 2.45) is 0 Å². The van der Waals surface area contributed by atoms with E-state index in [2.05, 4.69) is 27.7 Å². The van der Waals surface area contributed by atoms with Gasteiger partial charge in [0.1, 0.15) is 0 Å². The van der Waals surface area contributed by atoms with Crippen LogP contribution >= 0.6 is 0 Å². The van der Waals surface area contributed by atoms with Gasteiger partial charge in [-0.25, -0.2) is 0 Å². The van der Waals surface area contributed by atoms with E-state index in [0.717, 1.165) is 13.0 Å². The van der Waals surface area contributed by atoms with Crippen LogP contribution in [0.5, 0.6) is 0 Å². The molecule has 0 spiro atoms. The lowest BCUT2D eigenvalue weighted by Gasteiger charge is -2.24. The fourth-order valence-corrected chi connectivity index (χ4v) is 1.03. The summed E-state index contributed by atoms with van der Waals surface area (Å²) < 4.78 is 11.0. The molecule has 0 radical (unpaired) electrons. The average molecular weight is 174 g/mol. The summed E-state index contributed by atoms with van der Waals surface area (Å²) in [5.74, 6) is 0. The van der Waals surface area contributed by atoms with E-state index in [9.17, 15) is 0 Å². The van der Waals surface area contributed by atoms with E-state index in [1.54, 1.807) is 0 Å². The normalized spacial score (nSPS) is 14.8. The zero-order chi connectivity index (χ0) is 9.61. The van der Waals surface area contributed by atoms with Crippen molar-refractivity contribution in [2.75, 3.05) is 13.2 Å². The van der Waals surface area contributed by atoms with Crippen LogP contribution < -0.4 is 0 Å². The third kappa shape index (κ3) is 8.02. The van der Waals surface area contributed by atoms with Crippen molar-refractivity contribution in [3.8, 4) is 0 Å². The van der Waals surface area contributed by atoms with E-state index < -0.39 is 0 Å². The van der Waals surface area contributed by atoms with Crippen LogP contribution in [-0.4, -0.2) is 24.9 Å². The zero-order valence-corrected chi connectivity index (χ0v) is 9.02. The van der Waals surface area contributed by atoms with Gasteiger partial charge in [0.15, 0.2) is 0 Å².